The molecule has 0 spiro atoms. The fourth-order valence-electron chi connectivity index (χ4n) is 4.11. The van der Waals surface area contributed by atoms with Crippen molar-refractivity contribution in [2.75, 3.05) is 13.1 Å². The van der Waals surface area contributed by atoms with E-state index in [1.165, 1.54) is 0 Å². The first kappa shape index (κ1) is 20.0. The Balaban J connectivity index is 1.58. The van der Waals surface area contributed by atoms with Crippen LogP contribution in [0.4, 0.5) is 5.69 Å². The molecule has 0 amide bonds. The molecule has 0 aliphatic carbocycles. The summed E-state index contributed by atoms with van der Waals surface area (Å²) in [7, 11) is 0. The number of azo groups is 1. The second kappa shape index (κ2) is 8.22. The highest BCUT2D eigenvalue weighted by Crippen LogP contribution is 2.40. The number of piperidine rings is 1. The van der Waals surface area contributed by atoms with Crippen molar-refractivity contribution in [1.82, 2.24) is 9.47 Å². The van der Waals surface area contributed by atoms with Crippen molar-refractivity contribution in [3.8, 4) is 11.9 Å². The lowest BCUT2D eigenvalue weighted by Gasteiger charge is -2.37. The highest BCUT2D eigenvalue weighted by Gasteiger charge is 2.36. The monoisotopic (exact) mass is 418 g/mol. The number of nitrogens with two attached hydrogens (primary N) is 1. The third-order valence-electron chi connectivity index (χ3n) is 5.76. The van der Waals surface area contributed by atoms with Gasteiger partial charge in [-0.3, -0.25) is 9.47 Å². The summed E-state index contributed by atoms with van der Waals surface area (Å²) >= 11 is 4.77. The number of rotatable bonds is 4. The van der Waals surface area contributed by atoms with Crippen molar-refractivity contribution in [3.05, 3.63) is 60.2 Å². The van der Waals surface area contributed by atoms with Gasteiger partial charge in [0.1, 0.15) is 0 Å². The maximum atomic E-state index is 10.8. The smallest absolute Gasteiger partial charge is 0.221 e. The third kappa shape index (κ3) is 3.65. The van der Waals surface area contributed by atoms with Crippen LogP contribution in [-0.4, -0.2) is 32.8 Å². The average Bonchev–Trinajstić information content (AvgIpc) is 3.04. The van der Waals surface area contributed by atoms with Crippen molar-refractivity contribution in [2.45, 2.75) is 24.9 Å². The van der Waals surface area contributed by atoms with Crippen molar-refractivity contribution in [1.29, 1.82) is 5.26 Å². The lowest BCUT2D eigenvalue weighted by molar-refractivity contribution is 0.146. The minimum absolute atomic E-state index is 0.0244. The van der Waals surface area contributed by atoms with Crippen LogP contribution in [-0.2, 0) is 12.1 Å². The van der Waals surface area contributed by atoms with E-state index in [0.29, 0.717) is 12.4 Å². The zero-order chi connectivity index (χ0) is 21.1. The lowest BCUT2D eigenvalue weighted by atomic mass is 9.74. The van der Waals surface area contributed by atoms with Crippen LogP contribution in [0.2, 0.25) is 0 Å². The van der Waals surface area contributed by atoms with Crippen LogP contribution in [0, 0.1) is 11.3 Å². The van der Waals surface area contributed by atoms with Gasteiger partial charge in [-0.05, 0) is 36.7 Å². The molecule has 1 aromatic heterocycles. The quantitative estimate of drug-likeness (QED) is 0.488. The molecule has 3 N–H and O–H groups in total. The number of hydrogen-bond acceptors (Lipinski definition) is 5. The molecule has 30 heavy (non-hydrogen) atoms. The van der Waals surface area contributed by atoms with Crippen molar-refractivity contribution < 1.29 is 5.11 Å². The molecule has 2 heterocycles. The molecule has 8 heteroatoms. The summed E-state index contributed by atoms with van der Waals surface area (Å²) in [6.45, 7) is 1.99. The van der Waals surface area contributed by atoms with E-state index in [4.69, 9.17) is 18.0 Å². The van der Waals surface area contributed by atoms with E-state index >= 15 is 0 Å². The SMILES string of the molecule is N#CC1(c2ccccc2)CCN(Cn2c(O)c(N=NC(N)=S)c3ccccc32)CC1. The molecular weight excluding hydrogens is 396 g/mol. The summed E-state index contributed by atoms with van der Waals surface area (Å²) in [4.78, 5) is 2.24. The normalized spacial score (nSPS) is 16.6. The Hall–Kier alpha value is -3.28. The number of hydrogen-bond donors (Lipinski definition) is 2. The molecule has 1 fully saturated rings. The van der Waals surface area contributed by atoms with E-state index in [9.17, 15) is 10.4 Å². The predicted molar refractivity (Wildman–Crippen MR) is 119 cm³/mol. The highest BCUT2D eigenvalue weighted by atomic mass is 32.1. The first-order chi connectivity index (χ1) is 14.5. The van der Waals surface area contributed by atoms with Gasteiger partial charge in [0, 0.05) is 18.5 Å². The molecular formula is C22H22N6OS. The van der Waals surface area contributed by atoms with Crippen LogP contribution in [0.3, 0.4) is 0 Å². The Labute approximate surface area is 180 Å². The minimum atomic E-state index is -0.464. The molecule has 3 aromatic rings. The van der Waals surface area contributed by atoms with Gasteiger partial charge >= 0.3 is 0 Å². The highest BCUT2D eigenvalue weighted by molar-refractivity contribution is 7.80. The van der Waals surface area contributed by atoms with Gasteiger partial charge in [0.25, 0.3) is 0 Å². The molecule has 2 aromatic carbocycles. The molecule has 7 nitrogen and oxygen atoms in total. The van der Waals surface area contributed by atoms with E-state index in [1.807, 2.05) is 59.2 Å². The second-order valence-corrected chi connectivity index (χ2v) is 7.89. The maximum absolute atomic E-state index is 10.8. The number of nitriles is 1. The van der Waals surface area contributed by atoms with E-state index in [2.05, 4.69) is 21.2 Å². The second-order valence-electron chi connectivity index (χ2n) is 7.48. The maximum Gasteiger partial charge on any atom is 0.221 e. The topological polar surface area (TPSA) is 103 Å². The third-order valence-corrected chi connectivity index (χ3v) is 5.84. The van der Waals surface area contributed by atoms with Crippen LogP contribution in [0.15, 0.2) is 64.8 Å². The van der Waals surface area contributed by atoms with E-state index in [0.717, 1.165) is 42.4 Å². The van der Waals surface area contributed by atoms with Crippen LogP contribution >= 0.6 is 12.2 Å². The number of benzene rings is 2. The van der Waals surface area contributed by atoms with Crippen molar-refractivity contribution >= 4 is 33.9 Å². The fraction of sp³-hybridized carbons (Fsp3) is 0.273. The number of nitrogens with zero attached hydrogens (tertiary/aromatic N) is 5. The van der Waals surface area contributed by atoms with Gasteiger partial charge in [-0.1, -0.05) is 48.5 Å². The summed E-state index contributed by atoms with van der Waals surface area (Å²) in [6, 6.07) is 20.2. The molecule has 0 saturated carbocycles. The van der Waals surface area contributed by atoms with Gasteiger partial charge in [0.2, 0.25) is 11.0 Å². The zero-order valence-corrected chi connectivity index (χ0v) is 17.2. The molecule has 0 unspecified atom stereocenters. The van der Waals surface area contributed by atoms with Gasteiger partial charge in [0.05, 0.1) is 23.7 Å². The van der Waals surface area contributed by atoms with E-state index < -0.39 is 5.41 Å². The molecule has 0 radical (unpaired) electrons. The van der Waals surface area contributed by atoms with Gasteiger partial charge in [-0.2, -0.15) is 5.26 Å². The molecule has 1 saturated heterocycles. The predicted octanol–water partition coefficient (Wildman–Crippen LogP) is 4.19. The first-order valence-electron chi connectivity index (χ1n) is 9.74. The molecule has 0 atom stereocenters. The van der Waals surface area contributed by atoms with Crippen LogP contribution in [0.25, 0.3) is 10.9 Å². The Kier molecular flexibility index (Phi) is 5.48. The van der Waals surface area contributed by atoms with Gasteiger partial charge in [-0.25, -0.2) is 0 Å². The van der Waals surface area contributed by atoms with Crippen molar-refractivity contribution in [3.63, 3.8) is 0 Å². The molecule has 1 aliphatic rings. The molecule has 152 valence electrons. The Morgan fingerprint density at radius 2 is 1.80 bits per heavy atom. The summed E-state index contributed by atoms with van der Waals surface area (Å²) in [5, 5.41) is 29.2. The molecule has 1 aliphatic heterocycles. The minimum Gasteiger partial charge on any atom is -0.493 e. The Morgan fingerprint density at radius 1 is 1.13 bits per heavy atom. The van der Waals surface area contributed by atoms with Crippen molar-refractivity contribution in [2.24, 2.45) is 16.0 Å². The average molecular weight is 419 g/mol. The Bertz CT molecular complexity index is 1140. The lowest BCUT2D eigenvalue weighted by Crippen LogP contribution is -2.42. The van der Waals surface area contributed by atoms with Gasteiger partial charge < -0.3 is 10.8 Å². The summed E-state index contributed by atoms with van der Waals surface area (Å²) in [5.74, 6) is 0.0244. The number of aromatic nitrogens is 1. The number of likely N-dealkylation sites (tertiary alicyclic amines) is 1. The number of fused-ring (bicyclic) bond motifs is 1. The molecule has 0 bridgehead atoms. The number of thiocarbonyl (C=S) groups is 1. The summed E-state index contributed by atoms with van der Waals surface area (Å²) < 4.78 is 1.81. The van der Waals surface area contributed by atoms with E-state index in [-0.39, 0.29) is 11.0 Å². The number of para-hydroxylation sites is 1. The summed E-state index contributed by atoms with van der Waals surface area (Å²) in [6.07, 6.45) is 1.48. The zero-order valence-electron chi connectivity index (χ0n) is 16.4. The van der Waals surface area contributed by atoms with Gasteiger partial charge in [0.15, 0.2) is 5.69 Å². The number of aromatic hydroxyl groups is 1. The first-order valence-corrected chi connectivity index (χ1v) is 10.2. The Morgan fingerprint density at radius 3 is 2.47 bits per heavy atom. The van der Waals surface area contributed by atoms with Crippen LogP contribution < -0.4 is 5.73 Å². The van der Waals surface area contributed by atoms with Crippen LogP contribution in [0.1, 0.15) is 18.4 Å². The van der Waals surface area contributed by atoms with Gasteiger partial charge in [-0.15, -0.1) is 10.2 Å². The van der Waals surface area contributed by atoms with Crippen LogP contribution in [0.5, 0.6) is 5.88 Å². The standard InChI is InChI=1S/C22H22N6OS/c23-14-22(16-6-2-1-3-7-16)10-12-27(13-11-22)15-28-18-9-5-4-8-17(18)19(20(28)29)25-26-21(24)30/h1-9,29H,10-13,15H2,(H2,24,30). The largest absolute Gasteiger partial charge is 0.493 e. The molecule has 4 rings (SSSR count). The summed E-state index contributed by atoms with van der Waals surface area (Å²) in [5.41, 5.74) is 7.24. The fourth-order valence-corrected chi connectivity index (χ4v) is 4.15. The van der Waals surface area contributed by atoms with E-state index in [1.54, 1.807) is 0 Å².